The van der Waals surface area contributed by atoms with Crippen LogP contribution in [0.15, 0.2) is 60.3 Å². The van der Waals surface area contributed by atoms with Gasteiger partial charge in [-0.3, -0.25) is 9.59 Å². The Labute approximate surface area is 196 Å². The van der Waals surface area contributed by atoms with Crippen molar-refractivity contribution in [2.24, 2.45) is 0 Å². The van der Waals surface area contributed by atoms with E-state index in [1.165, 1.54) is 30.0 Å². The fraction of sp³-hybridized carbons (Fsp3) is 0.250. The molecule has 9 heteroatoms. The number of benzene rings is 2. The smallest absolute Gasteiger partial charge is 0.254 e. The predicted octanol–water partition coefficient (Wildman–Crippen LogP) is 4.44. The third-order valence-corrected chi connectivity index (χ3v) is 5.88. The number of rotatable bonds is 9. The number of hydrogen-bond acceptors (Lipinski definition) is 5. The summed E-state index contributed by atoms with van der Waals surface area (Å²) in [6.07, 6.45) is 1.68. The number of nitrogens with one attached hydrogen (secondary N) is 2. The largest absolute Gasteiger partial charge is 0.342 e. The van der Waals surface area contributed by atoms with Crippen molar-refractivity contribution in [3.8, 4) is 0 Å². The van der Waals surface area contributed by atoms with Crippen LogP contribution >= 0.6 is 11.8 Å². The van der Waals surface area contributed by atoms with Gasteiger partial charge in [-0.1, -0.05) is 42.1 Å². The van der Waals surface area contributed by atoms with Gasteiger partial charge in [0, 0.05) is 12.2 Å². The highest BCUT2D eigenvalue weighted by Gasteiger charge is 2.21. The summed E-state index contributed by atoms with van der Waals surface area (Å²) in [4.78, 5) is 25.0. The number of hydrogen-bond donors (Lipinski definition) is 2. The van der Waals surface area contributed by atoms with Crippen molar-refractivity contribution >= 4 is 29.3 Å². The van der Waals surface area contributed by atoms with Gasteiger partial charge in [0.25, 0.3) is 5.91 Å². The van der Waals surface area contributed by atoms with Crippen LogP contribution in [0.3, 0.4) is 0 Å². The molecule has 0 aliphatic carbocycles. The molecule has 0 saturated heterocycles. The van der Waals surface area contributed by atoms with E-state index < -0.39 is 17.8 Å². The van der Waals surface area contributed by atoms with Crippen molar-refractivity contribution in [1.82, 2.24) is 20.1 Å². The molecule has 0 saturated carbocycles. The molecule has 0 aliphatic heterocycles. The lowest BCUT2D eigenvalue weighted by atomic mass is 10.1. The maximum atomic E-state index is 13.9. The van der Waals surface area contributed by atoms with E-state index in [9.17, 15) is 14.0 Å². The molecule has 1 heterocycles. The monoisotopic (exact) mass is 467 g/mol. The van der Waals surface area contributed by atoms with Crippen molar-refractivity contribution in [2.75, 3.05) is 11.1 Å². The summed E-state index contributed by atoms with van der Waals surface area (Å²) in [6, 6.07) is 11.1. The Kier molecular flexibility index (Phi) is 8.00. The van der Waals surface area contributed by atoms with E-state index in [4.69, 9.17) is 0 Å². The second kappa shape index (κ2) is 10.9. The zero-order valence-corrected chi connectivity index (χ0v) is 19.6. The quantitative estimate of drug-likeness (QED) is 0.359. The molecule has 1 aromatic heterocycles. The first-order valence-corrected chi connectivity index (χ1v) is 11.4. The van der Waals surface area contributed by atoms with Gasteiger partial charge in [-0.25, -0.2) is 4.39 Å². The summed E-state index contributed by atoms with van der Waals surface area (Å²) in [5, 5.41) is 14.6. The second-order valence-electron chi connectivity index (χ2n) is 7.57. The first-order chi connectivity index (χ1) is 15.8. The van der Waals surface area contributed by atoms with Gasteiger partial charge in [0.15, 0.2) is 11.0 Å². The van der Waals surface area contributed by atoms with Crippen molar-refractivity contribution in [2.45, 2.75) is 38.5 Å². The fourth-order valence-corrected chi connectivity index (χ4v) is 3.95. The Hall–Kier alpha value is -3.46. The lowest BCUT2D eigenvalue weighted by Crippen LogP contribution is -2.29. The number of nitrogens with zero attached hydrogens (tertiary/aromatic N) is 3. The molecule has 2 aromatic carbocycles. The molecule has 3 rings (SSSR count). The molecule has 172 valence electrons. The number of carbonyl (C=O) groups excluding carboxylic acids is 2. The first-order valence-electron chi connectivity index (χ1n) is 10.4. The minimum atomic E-state index is -0.596. The summed E-state index contributed by atoms with van der Waals surface area (Å²) in [5.41, 5.74) is 2.77. The highest BCUT2D eigenvalue weighted by molar-refractivity contribution is 7.99. The van der Waals surface area contributed by atoms with Gasteiger partial charge in [-0.2, -0.15) is 0 Å². The van der Waals surface area contributed by atoms with E-state index >= 15 is 0 Å². The van der Waals surface area contributed by atoms with Gasteiger partial charge in [0.05, 0.1) is 17.4 Å². The zero-order valence-electron chi connectivity index (χ0n) is 18.8. The minimum Gasteiger partial charge on any atom is -0.342 e. The van der Waals surface area contributed by atoms with E-state index in [2.05, 4.69) is 27.4 Å². The van der Waals surface area contributed by atoms with Gasteiger partial charge in [0.2, 0.25) is 5.91 Å². The van der Waals surface area contributed by atoms with Gasteiger partial charge >= 0.3 is 0 Å². The number of carbonyl (C=O) groups is 2. The van der Waals surface area contributed by atoms with E-state index in [0.717, 1.165) is 16.8 Å². The Morgan fingerprint density at radius 1 is 1.21 bits per heavy atom. The van der Waals surface area contributed by atoms with Gasteiger partial charge in [-0.15, -0.1) is 16.8 Å². The van der Waals surface area contributed by atoms with E-state index in [-0.39, 0.29) is 17.2 Å². The molecule has 3 aromatic rings. The Bertz CT molecular complexity index is 1180. The van der Waals surface area contributed by atoms with Gasteiger partial charge in [0.1, 0.15) is 5.82 Å². The van der Waals surface area contributed by atoms with Crippen LogP contribution in [-0.2, 0) is 11.3 Å². The third kappa shape index (κ3) is 6.07. The molecule has 0 bridgehead atoms. The molecule has 0 radical (unpaired) electrons. The SMILES string of the molecule is C=CCn1c(SCC(=O)Nc2cc(C)ccc2C)nnc1C(C)NC(=O)c1ccccc1F. The zero-order chi connectivity index (χ0) is 24.0. The van der Waals surface area contributed by atoms with Crippen LogP contribution in [0.25, 0.3) is 0 Å². The van der Waals surface area contributed by atoms with Crippen LogP contribution in [0.5, 0.6) is 0 Å². The molecule has 33 heavy (non-hydrogen) atoms. The van der Waals surface area contributed by atoms with Crippen molar-refractivity contribution in [3.05, 3.63) is 83.5 Å². The fourth-order valence-electron chi connectivity index (χ4n) is 3.20. The summed E-state index contributed by atoms with van der Waals surface area (Å²) in [7, 11) is 0. The molecule has 1 unspecified atom stereocenters. The van der Waals surface area contributed by atoms with Crippen molar-refractivity contribution < 1.29 is 14.0 Å². The van der Waals surface area contributed by atoms with Crippen molar-refractivity contribution in [3.63, 3.8) is 0 Å². The molecule has 1 atom stereocenters. The van der Waals surface area contributed by atoms with Crippen LogP contribution in [0, 0.1) is 19.7 Å². The van der Waals surface area contributed by atoms with Crippen LogP contribution < -0.4 is 10.6 Å². The molecule has 0 fully saturated rings. The lowest BCUT2D eigenvalue weighted by molar-refractivity contribution is -0.113. The van der Waals surface area contributed by atoms with E-state index in [1.807, 2.05) is 32.0 Å². The summed E-state index contributed by atoms with van der Waals surface area (Å²) >= 11 is 1.24. The highest BCUT2D eigenvalue weighted by Crippen LogP contribution is 2.22. The number of anilines is 1. The van der Waals surface area contributed by atoms with Gasteiger partial charge < -0.3 is 15.2 Å². The highest BCUT2D eigenvalue weighted by atomic mass is 32.2. The Morgan fingerprint density at radius 2 is 1.97 bits per heavy atom. The number of aromatic nitrogens is 3. The number of thioether (sulfide) groups is 1. The number of aryl methyl sites for hydroxylation is 2. The van der Waals surface area contributed by atoms with Crippen LogP contribution in [-0.4, -0.2) is 32.3 Å². The number of amides is 2. The van der Waals surface area contributed by atoms with Crippen molar-refractivity contribution in [1.29, 1.82) is 0 Å². The van der Waals surface area contributed by atoms with Crippen LogP contribution in [0.2, 0.25) is 0 Å². The standard InChI is InChI=1S/C24H26FN5O2S/c1-5-12-30-22(17(4)26-23(32)18-8-6-7-9-19(18)25)28-29-24(30)33-14-21(31)27-20-13-15(2)10-11-16(20)3/h5-11,13,17H,1,12,14H2,2-4H3,(H,26,32)(H,27,31). The maximum absolute atomic E-state index is 13.9. The number of allylic oxidation sites excluding steroid dienone is 1. The maximum Gasteiger partial charge on any atom is 0.254 e. The summed E-state index contributed by atoms with van der Waals surface area (Å²) < 4.78 is 15.7. The molecule has 0 aliphatic rings. The molecule has 2 N–H and O–H groups in total. The second-order valence-corrected chi connectivity index (χ2v) is 8.51. The molecule has 2 amide bonds. The summed E-state index contributed by atoms with van der Waals surface area (Å²) in [6.45, 7) is 9.80. The predicted molar refractivity (Wildman–Crippen MR) is 128 cm³/mol. The normalized spacial score (nSPS) is 11.6. The molecule has 0 spiro atoms. The van der Waals surface area contributed by atoms with Gasteiger partial charge in [-0.05, 0) is 50.1 Å². The Balaban J connectivity index is 1.69. The number of halogens is 1. The van der Waals surface area contributed by atoms with E-state index in [0.29, 0.717) is 17.5 Å². The molecule has 7 nitrogen and oxygen atoms in total. The topological polar surface area (TPSA) is 88.9 Å². The average molecular weight is 468 g/mol. The van der Waals surface area contributed by atoms with Crippen LogP contribution in [0.4, 0.5) is 10.1 Å². The average Bonchev–Trinajstić information content (AvgIpc) is 3.18. The molecular formula is C24H26FN5O2S. The third-order valence-electron chi connectivity index (χ3n) is 4.91. The molecular weight excluding hydrogens is 441 g/mol. The lowest BCUT2D eigenvalue weighted by Gasteiger charge is -2.15. The minimum absolute atomic E-state index is 0.0446. The van der Waals surface area contributed by atoms with Crippen LogP contribution in [0.1, 0.15) is 40.3 Å². The summed E-state index contributed by atoms with van der Waals surface area (Å²) in [5.74, 6) is -0.684. The Morgan fingerprint density at radius 3 is 2.70 bits per heavy atom. The van der Waals surface area contributed by atoms with E-state index in [1.54, 1.807) is 23.6 Å². The first kappa shape index (κ1) is 24.2.